The quantitative estimate of drug-likeness (QED) is 0.804. The standard InChI is InChI=1S/C14H25N3OS.2ClH/c18-14(9-12-10-19-8-5-15-12)16-11-3-6-17(7-4-11)13-1-2-13;;/h11-13,15H,1-10H2,(H,16,18);2*1H. The monoisotopic (exact) mass is 355 g/mol. The third kappa shape index (κ3) is 6.14. The predicted octanol–water partition coefficient (Wildman–Crippen LogP) is 1.67. The fourth-order valence-electron chi connectivity index (χ4n) is 3.11. The summed E-state index contributed by atoms with van der Waals surface area (Å²) in [6.45, 7) is 3.39. The van der Waals surface area contributed by atoms with Crippen LogP contribution >= 0.6 is 36.6 Å². The van der Waals surface area contributed by atoms with Gasteiger partial charge in [0.1, 0.15) is 0 Å². The van der Waals surface area contributed by atoms with E-state index >= 15 is 0 Å². The summed E-state index contributed by atoms with van der Waals surface area (Å²) in [7, 11) is 0. The minimum Gasteiger partial charge on any atom is -0.353 e. The molecule has 7 heteroatoms. The molecule has 1 saturated carbocycles. The average Bonchev–Trinajstić information content (AvgIpc) is 3.25. The maximum Gasteiger partial charge on any atom is 0.221 e. The van der Waals surface area contributed by atoms with Crippen LogP contribution in [0.25, 0.3) is 0 Å². The van der Waals surface area contributed by atoms with Crippen molar-refractivity contribution in [3.05, 3.63) is 0 Å². The molecule has 1 unspecified atom stereocenters. The van der Waals surface area contributed by atoms with Crippen molar-refractivity contribution >= 4 is 42.5 Å². The molecule has 3 aliphatic rings. The maximum atomic E-state index is 12.0. The second-order valence-corrected chi connectivity index (χ2v) is 7.19. The van der Waals surface area contributed by atoms with Crippen molar-refractivity contribution in [2.45, 2.75) is 50.2 Å². The van der Waals surface area contributed by atoms with Crippen LogP contribution in [0.15, 0.2) is 0 Å². The molecule has 3 rings (SSSR count). The highest BCUT2D eigenvalue weighted by Gasteiger charge is 2.32. The second kappa shape index (κ2) is 9.46. The van der Waals surface area contributed by atoms with Crippen LogP contribution in [0.4, 0.5) is 0 Å². The summed E-state index contributed by atoms with van der Waals surface area (Å²) in [5.74, 6) is 2.50. The van der Waals surface area contributed by atoms with Crippen molar-refractivity contribution in [1.29, 1.82) is 0 Å². The van der Waals surface area contributed by atoms with Crippen molar-refractivity contribution in [1.82, 2.24) is 15.5 Å². The van der Waals surface area contributed by atoms with Crippen LogP contribution in [-0.4, -0.2) is 60.1 Å². The molecule has 0 spiro atoms. The summed E-state index contributed by atoms with van der Waals surface area (Å²) in [4.78, 5) is 14.6. The fraction of sp³-hybridized carbons (Fsp3) is 0.929. The van der Waals surface area contributed by atoms with E-state index in [0.717, 1.165) is 31.2 Å². The topological polar surface area (TPSA) is 44.4 Å². The molecule has 1 atom stereocenters. The van der Waals surface area contributed by atoms with Crippen molar-refractivity contribution in [2.24, 2.45) is 0 Å². The van der Waals surface area contributed by atoms with Crippen LogP contribution in [0.3, 0.4) is 0 Å². The number of hydrogen-bond donors (Lipinski definition) is 2. The highest BCUT2D eigenvalue weighted by Crippen LogP contribution is 2.29. The van der Waals surface area contributed by atoms with E-state index in [-0.39, 0.29) is 30.7 Å². The molecule has 0 aromatic heterocycles. The van der Waals surface area contributed by atoms with Gasteiger partial charge in [0, 0.05) is 55.7 Å². The molecule has 0 bridgehead atoms. The Labute approximate surface area is 144 Å². The summed E-state index contributed by atoms with van der Waals surface area (Å²) < 4.78 is 0. The molecular formula is C14H27Cl2N3OS. The van der Waals surface area contributed by atoms with Gasteiger partial charge in [0.2, 0.25) is 5.91 Å². The predicted molar refractivity (Wildman–Crippen MR) is 94.0 cm³/mol. The smallest absolute Gasteiger partial charge is 0.221 e. The van der Waals surface area contributed by atoms with Gasteiger partial charge < -0.3 is 15.5 Å². The number of rotatable bonds is 4. The van der Waals surface area contributed by atoms with Gasteiger partial charge in [-0.1, -0.05) is 0 Å². The maximum absolute atomic E-state index is 12.0. The first-order valence-corrected chi connectivity index (χ1v) is 8.81. The molecule has 3 fully saturated rings. The highest BCUT2D eigenvalue weighted by atomic mass is 35.5. The lowest BCUT2D eigenvalue weighted by Gasteiger charge is -2.32. The summed E-state index contributed by atoms with van der Waals surface area (Å²) in [5.41, 5.74) is 0. The van der Waals surface area contributed by atoms with Crippen molar-refractivity contribution in [2.75, 3.05) is 31.1 Å². The van der Waals surface area contributed by atoms with E-state index in [2.05, 4.69) is 15.5 Å². The Kier molecular flexibility index (Phi) is 8.72. The number of thioether (sulfide) groups is 1. The van der Waals surface area contributed by atoms with Crippen molar-refractivity contribution in [3.8, 4) is 0 Å². The van der Waals surface area contributed by atoms with E-state index in [9.17, 15) is 4.79 Å². The first-order chi connectivity index (χ1) is 9.31. The fourth-order valence-corrected chi connectivity index (χ4v) is 4.06. The Morgan fingerprint density at radius 3 is 2.48 bits per heavy atom. The summed E-state index contributed by atoms with van der Waals surface area (Å²) in [6, 6.07) is 1.67. The number of nitrogens with one attached hydrogen (secondary N) is 2. The first-order valence-electron chi connectivity index (χ1n) is 7.66. The molecule has 1 amide bonds. The number of nitrogens with zero attached hydrogens (tertiary/aromatic N) is 1. The van der Waals surface area contributed by atoms with Crippen LogP contribution in [0, 0.1) is 0 Å². The number of carbonyl (C=O) groups excluding carboxylic acids is 1. The molecule has 4 nitrogen and oxygen atoms in total. The number of carbonyl (C=O) groups is 1. The van der Waals surface area contributed by atoms with Crippen LogP contribution in [-0.2, 0) is 4.79 Å². The van der Waals surface area contributed by atoms with Crippen molar-refractivity contribution in [3.63, 3.8) is 0 Å². The first kappa shape index (κ1) is 19.4. The number of piperidine rings is 1. The molecule has 2 N–H and O–H groups in total. The van der Waals surface area contributed by atoms with Crippen LogP contribution in [0.1, 0.15) is 32.1 Å². The molecule has 2 saturated heterocycles. The van der Waals surface area contributed by atoms with Gasteiger partial charge in [0.25, 0.3) is 0 Å². The number of likely N-dealkylation sites (tertiary alicyclic amines) is 1. The largest absolute Gasteiger partial charge is 0.353 e. The van der Waals surface area contributed by atoms with Crippen molar-refractivity contribution < 1.29 is 4.79 Å². The molecule has 21 heavy (non-hydrogen) atoms. The van der Waals surface area contributed by atoms with E-state index in [1.54, 1.807) is 0 Å². The lowest BCUT2D eigenvalue weighted by molar-refractivity contribution is -0.122. The molecule has 124 valence electrons. The molecule has 0 aromatic carbocycles. The average molecular weight is 356 g/mol. The SMILES string of the molecule is Cl.Cl.O=C(CC1CSCCN1)NC1CCN(C2CC2)CC1. The van der Waals surface area contributed by atoms with Crippen LogP contribution < -0.4 is 10.6 Å². The van der Waals surface area contributed by atoms with E-state index in [1.807, 2.05) is 11.8 Å². The second-order valence-electron chi connectivity index (χ2n) is 6.04. The number of halogens is 2. The molecule has 0 aromatic rings. The van der Waals surface area contributed by atoms with Gasteiger partial charge in [-0.3, -0.25) is 4.79 Å². The number of hydrogen-bond acceptors (Lipinski definition) is 4. The Morgan fingerprint density at radius 2 is 1.90 bits per heavy atom. The zero-order valence-electron chi connectivity index (χ0n) is 12.4. The Bertz CT molecular complexity index is 317. The van der Waals surface area contributed by atoms with Gasteiger partial charge in [-0.05, 0) is 25.7 Å². The van der Waals surface area contributed by atoms with Gasteiger partial charge in [-0.15, -0.1) is 24.8 Å². The van der Waals surface area contributed by atoms with Crippen LogP contribution in [0.5, 0.6) is 0 Å². The highest BCUT2D eigenvalue weighted by molar-refractivity contribution is 7.99. The Morgan fingerprint density at radius 1 is 1.19 bits per heavy atom. The zero-order chi connectivity index (χ0) is 13.1. The van der Waals surface area contributed by atoms with E-state index in [4.69, 9.17) is 0 Å². The van der Waals surface area contributed by atoms with Gasteiger partial charge in [0.15, 0.2) is 0 Å². The number of amides is 1. The molecular weight excluding hydrogens is 329 g/mol. The van der Waals surface area contributed by atoms with E-state index in [1.165, 1.54) is 31.7 Å². The van der Waals surface area contributed by atoms with Crippen LogP contribution in [0.2, 0.25) is 0 Å². The molecule has 0 radical (unpaired) electrons. The summed E-state index contributed by atoms with van der Waals surface area (Å²) in [6.07, 6.45) is 5.70. The van der Waals surface area contributed by atoms with E-state index in [0.29, 0.717) is 18.5 Å². The molecule has 1 aliphatic carbocycles. The third-order valence-electron chi connectivity index (χ3n) is 4.39. The van der Waals surface area contributed by atoms with Gasteiger partial charge in [-0.25, -0.2) is 0 Å². The normalized spacial score (nSPS) is 27.3. The summed E-state index contributed by atoms with van der Waals surface area (Å²) >= 11 is 1.95. The lowest BCUT2D eigenvalue weighted by atomic mass is 10.0. The Hall–Kier alpha value is 0.320. The lowest BCUT2D eigenvalue weighted by Crippen LogP contribution is -2.47. The third-order valence-corrected chi connectivity index (χ3v) is 5.52. The minimum atomic E-state index is 0. The van der Waals surface area contributed by atoms with Gasteiger partial charge >= 0.3 is 0 Å². The summed E-state index contributed by atoms with van der Waals surface area (Å²) in [5, 5.41) is 6.66. The van der Waals surface area contributed by atoms with Gasteiger partial charge in [-0.2, -0.15) is 11.8 Å². The minimum absolute atomic E-state index is 0. The molecule has 2 aliphatic heterocycles. The van der Waals surface area contributed by atoms with Gasteiger partial charge in [0.05, 0.1) is 0 Å². The van der Waals surface area contributed by atoms with E-state index < -0.39 is 0 Å². The molecule has 2 heterocycles. The Balaban J connectivity index is 0.00000110. The zero-order valence-corrected chi connectivity index (χ0v) is 14.8.